The third-order valence-corrected chi connectivity index (χ3v) is 3.75. The molecular weight excluding hydrogens is 375 g/mol. The van der Waals surface area contributed by atoms with E-state index in [-0.39, 0.29) is 12.2 Å². The number of halogens is 4. The third kappa shape index (κ3) is 3.10. The van der Waals surface area contributed by atoms with Crippen LogP contribution in [0, 0.1) is 17.5 Å². The molecule has 3 nitrogen and oxygen atoms in total. The third-order valence-electron chi connectivity index (χ3n) is 3.26. The minimum absolute atomic E-state index is 0.00817. The zero-order valence-corrected chi connectivity index (χ0v) is 13.1. The molecule has 1 aliphatic rings. The second kappa shape index (κ2) is 6.08. The summed E-state index contributed by atoms with van der Waals surface area (Å²) in [4.78, 5) is 12.2. The number of nitrogens with one attached hydrogen (secondary N) is 1. The number of carbonyl (C=O) groups is 1. The van der Waals surface area contributed by atoms with Crippen molar-refractivity contribution < 1.29 is 22.7 Å². The molecule has 0 saturated carbocycles. The number of carbonyl (C=O) groups excluding carboxylic acids is 1. The van der Waals surface area contributed by atoms with Crippen molar-refractivity contribution in [3.63, 3.8) is 0 Å². The molecule has 0 aromatic heterocycles. The van der Waals surface area contributed by atoms with Gasteiger partial charge in [-0.3, -0.25) is 4.79 Å². The number of hydrogen-bond donors (Lipinski definition) is 1. The zero-order valence-electron chi connectivity index (χ0n) is 11.5. The van der Waals surface area contributed by atoms with E-state index in [9.17, 15) is 18.0 Å². The van der Waals surface area contributed by atoms with Crippen LogP contribution in [0.15, 0.2) is 40.4 Å². The highest BCUT2D eigenvalue weighted by molar-refractivity contribution is 9.10. The van der Waals surface area contributed by atoms with Gasteiger partial charge in [0.25, 0.3) is 5.91 Å². The number of ether oxygens (including phenoxy) is 1. The van der Waals surface area contributed by atoms with Gasteiger partial charge in [-0.2, -0.15) is 0 Å². The number of anilines is 1. The molecule has 1 heterocycles. The molecule has 118 valence electrons. The van der Waals surface area contributed by atoms with Crippen LogP contribution in [0.25, 0.3) is 6.08 Å². The minimum atomic E-state index is -1.63. The summed E-state index contributed by atoms with van der Waals surface area (Å²) in [6, 6.07) is 7.01. The van der Waals surface area contributed by atoms with E-state index in [0.717, 1.165) is 16.6 Å². The number of hydrogen-bond acceptors (Lipinski definition) is 2. The van der Waals surface area contributed by atoms with E-state index in [0.29, 0.717) is 11.3 Å². The van der Waals surface area contributed by atoms with Crippen molar-refractivity contribution in [3.8, 4) is 5.75 Å². The van der Waals surface area contributed by atoms with Crippen molar-refractivity contribution in [2.75, 3.05) is 11.9 Å². The molecule has 0 atom stereocenters. The van der Waals surface area contributed by atoms with Crippen LogP contribution in [0.2, 0.25) is 0 Å². The Labute approximate surface area is 137 Å². The van der Waals surface area contributed by atoms with Crippen molar-refractivity contribution in [1.29, 1.82) is 0 Å². The summed E-state index contributed by atoms with van der Waals surface area (Å²) in [5, 5.41) is 2.21. The summed E-state index contributed by atoms with van der Waals surface area (Å²) in [6.45, 7) is -0.00817. The van der Waals surface area contributed by atoms with E-state index in [1.54, 1.807) is 24.3 Å². The first-order valence-corrected chi connectivity index (χ1v) is 7.33. The van der Waals surface area contributed by atoms with Crippen molar-refractivity contribution in [3.05, 3.63) is 63.4 Å². The van der Waals surface area contributed by atoms with E-state index in [2.05, 4.69) is 21.2 Å². The average Bonchev–Trinajstić information content (AvgIpc) is 2.54. The molecule has 0 unspecified atom stereocenters. The van der Waals surface area contributed by atoms with Crippen LogP contribution < -0.4 is 10.1 Å². The summed E-state index contributed by atoms with van der Waals surface area (Å²) in [5.74, 6) is -4.44. The molecular formula is C16H9BrF3NO2. The van der Waals surface area contributed by atoms with Gasteiger partial charge in [0.15, 0.2) is 17.5 Å². The Bertz CT molecular complexity index is 836. The van der Waals surface area contributed by atoms with Crippen molar-refractivity contribution in [1.82, 2.24) is 0 Å². The van der Waals surface area contributed by atoms with E-state index >= 15 is 0 Å². The molecule has 1 N–H and O–H groups in total. The molecule has 0 bridgehead atoms. The highest BCUT2D eigenvalue weighted by Gasteiger charge is 2.20. The summed E-state index contributed by atoms with van der Waals surface area (Å²) in [5.41, 5.74) is 0.483. The lowest BCUT2D eigenvalue weighted by molar-refractivity contribution is -0.113. The van der Waals surface area contributed by atoms with Crippen LogP contribution in [0.1, 0.15) is 5.56 Å². The first-order valence-electron chi connectivity index (χ1n) is 6.53. The van der Waals surface area contributed by atoms with Gasteiger partial charge in [0.05, 0.1) is 11.3 Å². The number of benzene rings is 2. The monoisotopic (exact) mass is 383 g/mol. The lowest BCUT2D eigenvalue weighted by Gasteiger charge is -2.18. The Morgan fingerprint density at radius 1 is 1.13 bits per heavy atom. The van der Waals surface area contributed by atoms with E-state index < -0.39 is 29.0 Å². The van der Waals surface area contributed by atoms with Crippen molar-refractivity contribution in [2.24, 2.45) is 0 Å². The highest BCUT2D eigenvalue weighted by atomic mass is 79.9. The van der Waals surface area contributed by atoms with Crippen LogP contribution in [0.5, 0.6) is 5.75 Å². The minimum Gasteiger partial charge on any atom is -0.488 e. The van der Waals surface area contributed by atoms with Gasteiger partial charge in [-0.15, -0.1) is 0 Å². The summed E-state index contributed by atoms with van der Waals surface area (Å²) in [7, 11) is 0. The summed E-state index contributed by atoms with van der Waals surface area (Å²) >= 11 is 3.31. The first kappa shape index (κ1) is 15.6. The van der Waals surface area contributed by atoms with Gasteiger partial charge in [-0.25, -0.2) is 13.2 Å². The quantitative estimate of drug-likeness (QED) is 0.786. The molecule has 1 amide bonds. The topological polar surface area (TPSA) is 38.3 Å². The predicted molar refractivity (Wildman–Crippen MR) is 82.6 cm³/mol. The fraction of sp³-hybridized carbons (Fsp3) is 0.0625. The Morgan fingerprint density at radius 2 is 1.91 bits per heavy atom. The highest BCUT2D eigenvalue weighted by Crippen LogP contribution is 2.29. The molecule has 0 aliphatic carbocycles. The van der Waals surface area contributed by atoms with Gasteiger partial charge >= 0.3 is 0 Å². The molecule has 0 radical (unpaired) electrons. The van der Waals surface area contributed by atoms with Gasteiger partial charge in [-0.05, 0) is 36.4 Å². The summed E-state index contributed by atoms with van der Waals surface area (Å²) in [6.07, 6.45) is 1.59. The maximum absolute atomic E-state index is 13.6. The van der Waals surface area contributed by atoms with Crippen LogP contribution in [-0.4, -0.2) is 12.5 Å². The second-order valence-electron chi connectivity index (χ2n) is 4.82. The molecule has 23 heavy (non-hydrogen) atoms. The Morgan fingerprint density at radius 3 is 2.70 bits per heavy atom. The van der Waals surface area contributed by atoms with Gasteiger partial charge in [0.1, 0.15) is 12.4 Å². The SMILES string of the molecule is O=C(Nc1ccc(F)c(F)c1F)C1=Cc2cc(Br)ccc2OC1. The molecule has 1 aliphatic heterocycles. The molecule has 2 aromatic rings. The largest absolute Gasteiger partial charge is 0.488 e. The molecule has 2 aromatic carbocycles. The van der Waals surface area contributed by atoms with Crippen LogP contribution in [0.3, 0.4) is 0 Å². The maximum Gasteiger partial charge on any atom is 0.255 e. The van der Waals surface area contributed by atoms with Gasteiger partial charge in [-0.1, -0.05) is 15.9 Å². The fourth-order valence-corrected chi connectivity index (χ4v) is 2.48. The average molecular weight is 384 g/mol. The van der Waals surface area contributed by atoms with Gasteiger partial charge in [0, 0.05) is 10.0 Å². The van der Waals surface area contributed by atoms with Gasteiger partial charge < -0.3 is 10.1 Å². The smallest absolute Gasteiger partial charge is 0.255 e. The second-order valence-corrected chi connectivity index (χ2v) is 5.73. The Hall–Kier alpha value is -2.28. The number of fused-ring (bicyclic) bond motifs is 1. The molecule has 0 saturated heterocycles. The lowest BCUT2D eigenvalue weighted by atomic mass is 10.1. The van der Waals surface area contributed by atoms with E-state index in [4.69, 9.17) is 4.74 Å². The first-order chi connectivity index (χ1) is 11.0. The molecule has 0 spiro atoms. The van der Waals surface area contributed by atoms with Crippen molar-refractivity contribution in [2.45, 2.75) is 0 Å². The van der Waals surface area contributed by atoms with Crippen molar-refractivity contribution >= 4 is 33.6 Å². The number of amides is 1. The fourth-order valence-electron chi connectivity index (χ4n) is 2.10. The maximum atomic E-state index is 13.6. The Kier molecular flexibility index (Phi) is 4.12. The van der Waals surface area contributed by atoms with Crippen LogP contribution in [-0.2, 0) is 4.79 Å². The standard InChI is InChI=1S/C16H9BrF3NO2/c17-10-1-4-13-8(6-10)5-9(7-23-13)16(22)21-12-3-2-11(18)14(19)15(12)20/h1-6H,7H2,(H,21,22). The molecule has 0 fully saturated rings. The molecule has 7 heteroatoms. The van der Waals surface area contributed by atoms with E-state index in [1.165, 1.54) is 0 Å². The normalized spacial score (nSPS) is 13.0. The van der Waals surface area contributed by atoms with Crippen LogP contribution >= 0.6 is 15.9 Å². The zero-order chi connectivity index (χ0) is 16.6. The predicted octanol–water partition coefficient (Wildman–Crippen LogP) is 4.28. The molecule has 3 rings (SSSR count). The Balaban J connectivity index is 1.86. The van der Waals surface area contributed by atoms with Crippen LogP contribution in [0.4, 0.5) is 18.9 Å². The lowest BCUT2D eigenvalue weighted by Crippen LogP contribution is -2.22. The van der Waals surface area contributed by atoms with Gasteiger partial charge in [0.2, 0.25) is 0 Å². The number of rotatable bonds is 2. The summed E-state index contributed by atoms with van der Waals surface area (Å²) < 4.78 is 45.9. The van der Waals surface area contributed by atoms with E-state index in [1.807, 2.05) is 0 Å².